The van der Waals surface area contributed by atoms with Gasteiger partial charge in [0.25, 0.3) is 0 Å². The molecule has 7 heteroatoms. The van der Waals surface area contributed by atoms with Crippen molar-refractivity contribution in [3.05, 3.63) is 30.3 Å². The number of sulfonamides is 1. The molecule has 1 rings (SSSR count). The maximum absolute atomic E-state index is 11.8. The molecule has 0 fully saturated rings. The zero-order valence-electron chi connectivity index (χ0n) is 10.0. The minimum atomic E-state index is -3.55. The van der Waals surface area contributed by atoms with E-state index in [-0.39, 0.29) is 23.8 Å². The van der Waals surface area contributed by atoms with Gasteiger partial charge in [0.15, 0.2) is 0 Å². The molecular weight excluding hydrogens is 256 g/mol. The largest absolute Gasteiger partial charge is 0.274 e. The van der Waals surface area contributed by atoms with Crippen LogP contribution in [0.2, 0.25) is 0 Å². The third-order valence-electron chi connectivity index (χ3n) is 2.03. The minimum Gasteiger partial charge on any atom is -0.274 e. The predicted octanol–water partition coefficient (Wildman–Crippen LogP) is 0.423. The Morgan fingerprint density at radius 1 is 1.28 bits per heavy atom. The van der Waals surface area contributed by atoms with E-state index in [1.165, 1.54) is 12.1 Å². The van der Waals surface area contributed by atoms with E-state index in [1.807, 2.05) is 0 Å². The van der Waals surface area contributed by atoms with Crippen LogP contribution in [0.3, 0.4) is 0 Å². The highest BCUT2D eigenvalue weighted by molar-refractivity contribution is 7.89. The van der Waals surface area contributed by atoms with Crippen LogP contribution >= 0.6 is 0 Å². The van der Waals surface area contributed by atoms with E-state index in [2.05, 4.69) is 15.0 Å². The molecule has 0 spiro atoms. The maximum atomic E-state index is 11.8. The molecule has 0 saturated carbocycles. The first-order valence-electron chi connectivity index (χ1n) is 5.51. The Bertz CT molecular complexity index is 473. The summed E-state index contributed by atoms with van der Waals surface area (Å²) in [6.45, 7) is 2.12. The summed E-state index contributed by atoms with van der Waals surface area (Å²) >= 11 is 0. The van der Waals surface area contributed by atoms with Crippen molar-refractivity contribution in [3.8, 4) is 0 Å². The van der Waals surface area contributed by atoms with Gasteiger partial charge in [-0.1, -0.05) is 18.2 Å². The standard InChI is InChI=1S/C11H16N2O4S/c1-2-17-13-11(14)8-9-12-18(15,16)10-6-4-3-5-7-10/h3-7,12H,2,8-9H2,1H3,(H,13,14). The molecule has 0 aliphatic carbocycles. The number of nitrogens with one attached hydrogen (secondary N) is 2. The van der Waals surface area contributed by atoms with Gasteiger partial charge >= 0.3 is 0 Å². The number of hydrogen-bond acceptors (Lipinski definition) is 4. The van der Waals surface area contributed by atoms with Gasteiger partial charge < -0.3 is 0 Å². The highest BCUT2D eigenvalue weighted by Crippen LogP contribution is 2.06. The Morgan fingerprint density at radius 3 is 2.56 bits per heavy atom. The van der Waals surface area contributed by atoms with Crippen molar-refractivity contribution >= 4 is 15.9 Å². The van der Waals surface area contributed by atoms with Crippen LogP contribution in [0, 0.1) is 0 Å². The minimum absolute atomic E-state index is 0.0199. The number of rotatable bonds is 7. The zero-order valence-corrected chi connectivity index (χ0v) is 10.9. The fourth-order valence-electron chi connectivity index (χ4n) is 1.19. The van der Waals surface area contributed by atoms with Crippen LogP contribution in [-0.4, -0.2) is 27.5 Å². The van der Waals surface area contributed by atoms with Crippen molar-refractivity contribution in [1.29, 1.82) is 0 Å². The molecule has 0 saturated heterocycles. The van der Waals surface area contributed by atoms with Crippen molar-refractivity contribution < 1.29 is 18.0 Å². The Labute approximate surface area is 106 Å². The first kappa shape index (κ1) is 14.6. The highest BCUT2D eigenvalue weighted by atomic mass is 32.2. The van der Waals surface area contributed by atoms with Gasteiger partial charge in [0.05, 0.1) is 11.5 Å². The summed E-state index contributed by atoms with van der Waals surface area (Å²) in [6, 6.07) is 7.98. The second kappa shape index (κ2) is 7.10. The van der Waals surface area contributed by atoms with E-state index in [4.69, 9.17) is 0 Å². The molecule has 1 aromatic carbocycles. The summed E-state index contributed by atoms with van der Waals surface area (Å²) < 4.78 is 25.8. The normalized spacial score (nSPS) is 11.2. The fourth-order valence-corrected chi connectivity index (χ4v) is 2.24. The van der Waals surface area contributed by atoms with Crippen LogP contribution in [0.15, 0.2) is 35.2 Å². The van der Waals surface area contributed by atoms with Gasteiger partial charge in [0.2, 0.25) is 15.9 Å². The van der Waals surface area contributed by atoms with Gasteiger partial charge in [-0.05, 0) is 19.1 Å². The maximum Gasteiger partial charge on any atom is 0.244 e. The molecule has 0 aromatic heterocycles. The molecule has 6 nitrogen and oxygen atoms in total. The third-order valence-corrected chi connectivity index (χ3v) is 3.50. The molecule has 1 aromatic rings. The number of carbonyl (C=O) groups is 1. The Hall–Kier alpha value is -1.44. The lowest BCUT2D eigenvalue weighted by Crippen LogP contribution is -2.30. The molecule has 0 radical (unpaired) electrons. The topological polar surface area (TPSA) is 84.5 Å². The predicted molar refractivity (Wildman–Crippen MR) is 66.0 cm³/mol. The fraction of sp³-hybridized carbons (Fsp3) is 0.364. The first-order chi connectivity index (χ1) is 8.56. The van der Waals surface area contributed by atoms with E-state index in [9.17, 15) is 13.2 Å². The van der Waals surface area contributed by atoms with Crippen molar-refractivity contribution in [2.75, 3.05) is 13.2 Å². The quantitative estimate of drug-likeness (QED) is 0.705. The van der Waals surface area contributed by atoms with Crippen molar-refractivity contribution in [1.82, 2.24) is 10.2 Å². The average molecular weight is 272 g/mol. The van der Waals surface area contributed by atoms with Gasteiger partial charge in [-0.2, -0.15) is 0 Å². The summed E-state index contributed by atoms with van der Waals surface area (Å²) in [4.78, 5) is 16.0. The van der Waals surface area contributed by atoms with E-state index < -0.39 is 10.0 Å². The highest BCUT2D eigenvalue weighted by Gasteiger charge is 2.13. The molecule has 18 heavy (non-hydrogen) atoms. The second-order valence-corrected chi connectivity index (χ2v) is 5.19. The Morgan fingerprint density at radius 2 is 1.94 bits per heavy atom. The van der Waals surface area contributed by atoms with Crippen LogP contribution in [0.4, 0.5) is 0 Å². The summed E-state index contributed by atoms with van der Waals surface area (Å²) in [5, 5.41) is 0. The number of amides is 1. The van der Waals surface area contributed by atoms with E-state index in [0.29, 0.717) is 6.61 Å². The molecule has 0 aliphatic heterocycles. The van der Waals surface area contributed by atoms with Gasteiger partial charge in [-0.15, -0.1) is 0 Å². The lowest BCUT2D eigenvalue weighted by Gasteiger charge is -2.06. The van der Waals surface area contributed by atoms with Crippen LogP contribution < -0.4 is 10.2 Å². The lowest BCUT2D eigenvalue weighted by molar-refractivity contribution is -0.132. The molecule has 0 atom stereocenters. The second-order valence-electron chi connectivity index (χ2n) is 3.42. The molecule has 0 heterocycles. The Kier molecular flexibility index (Phi) is 5.76. The van der Waals surface area contributed by atoms with Crippen molar-refractivity contribution in [3.63, 3.8) is 0 Å². The van der Waals surface area contributed by atoms with Gasteiger partial charge in [0, 0.05) is 13.0 Å². The monoisotopic (exact) mass is 272 g/mol. The third kappa shape index (κ3) is 4.82. The van der Waals surface area contributed by atoms with Crippen LogP contribution in [-0.2, 0) is 19.7 Å². The number of carbonyl (C=O) groups excluding carboxylic acids is 1. The van der Waals surface area contributed by atoms with Gasteiger partial charge in [-0.25, -0.2) is 18.6 Å². The molecule has 0 bridgehead atoms. The van der Waals surface area contributed by atoms with E-state index in [1.54, 1.807) is 25.1 Å². The van der Waals surface area contributed by atoms with Gasteiger partial charge in [0.1, 0.15) is 0 Å². The summed E-state index contributed by atoms with van der Waals surface area (Å²) in [5.41, 5.74) is 2.18. The number of hydroxylamine groups is 1. The molecule has 0 aliphatic rings. The lowest BCUT2D eigenvalue weighted by atomic mass is 10.4. The summed E-state index contributed by atoms with van der Waals surface area (Å²) in [6.07, 6.45) is 0.0199. The smallest absolute Gasteiger partial charge is 0.244 e. The van der Waals surface area contributed by atoms with Crippen molar-refractivity contribution in [2.45, 2.75) is 18.2 Å². The first-order valence-corrected chi connectivity index (χ1v) is 7.00. The van der Waals surface area contributed by atoms with E-state index in [0.717, 1.165) is 0 Å². The van der Waals surface area contributed by atoms with Crippen LogP contribution in [0.25, 0.3) is 0 Å². The summed E-state index contributed by atoms with van der Waals surface area (Å²) in [7, 11) is -3.55. The molecule has 1 amide bonds. The number of hydrogen-bond donors (Lipinski definition) is 2. The van der Waals surface area contributed by atoms with E-state index >= 15 is 0 Å². The SMILES string of the molecule is CCONC(=O)CCNS(=O)(=O)c1ccccc1. The molecule has 2 N–H and O–H groups in total. The zero-order chi connectivity index (χ0) is 13.4. The van der Waals surface area contributed by atoms with Crippen molar-refractivity contribution in [2.24, 2.45) is 0 Å². The molecular formula is C11H16N2O4S. The summed E-state index contributed by atoms with van der Waals surface area (Å²) in [5.74, 6) is -0.368. The number of benzene rings is 1. The Balaban J connectivity index is 2.42. The molecule has 100 valence electrons. The molecule has 0 unspecified atom stereocenters. The average Bonchev–Trinajstić information content (AvgIpc) is 2.37. The van der Waals surface area contributed by atoms with Crippen LogP contribution in [0.1, 0.15) is 13.3 Å². The van der Waals surface area contributed by atoms with Crippen LogP contribution in [0.5, 0.6) is 0 Å². The van der Waals surface area contributed by atoms with Gasteiger partial charge in [-0.3, -0.25) is 9.63 Å².